The quantitative estimate of drug-likeness (QED) is 0.798. The Hall–Kier alpha value is -0.820. The molecule has 0 spiro atoms. The lowest BCUT2D eigenvalue weighted by atomic mass is 10.0. The van der Waals surface area contributed by atoms with Crippen LogP contribution in [0.25, 0.3) is 0 Å². The summed E-state index contributed by atoms with van der Waals surface area (Å²) in [6.45, 7) is 4.43. The summed E-state index contributed by atoms with van der Waals surface area (Å²) in [5.41, 5.74) is 2.48. The van der Waals surface area contributed by atoms with Crippen LogP contribution in [0.5, 0.6) is 0 Å². The van der Waals surface area contributed by atoms with E-state index < -0.39 is 0 Å². The molecule has 3 unspecified atom stereocenters. The molecule has 1 saturated carbocycles. The van der Waals surface area contributed by atoms with E-state index in [4.69, 9.17) is 0 Å². The van der Waals surface area contributed by atoms with Gasteiger partial charge < -0.3 is 5.11 Å². The maximum atomic E-state index is 10.1. The van der Waals surface area contributed by atoms with Crippen molar-refractivity contribution in [1.82, 2.24) is 0 Å². The molecule has 0 bridgehead atoms. The zero-order chi connectivity index (χ0) is 11.5. The number of rotatable bonds is 5. The standard InChI is InChI=1S/C15H22O/c1-3-4-5-12-6-8-13(9-7-12)15(16)14-10-11(14)2/h6-9,11,14-16H,3-5,10H2,1-2H3. The summed E-state index contributed by atoms with van der Waals surface area (Å²) in [5, 5.41) is 10.1. The van der Waals surface area contributed by atoms with Crippen LogP contribution in [0.15, 0.2) is 24.3 Å². The van der Waals surface area contributed by atoms with Crippen LogP contribution >= 0.6 is 0 Å². The van der Waals surface area contributed by atoms with Gasteiger partial charge in [0.25, 0.3) is 0 Å². The molecule has 3 atom stereocenters. The minimum absolute atomic E-state index is 0.241. The number of hydrogen-bond donors (Lipinski definition) is 1. The third kappa shape index (κ3) is 2.65. The largest absolute Gasteiger partial charge is 0.388 e. The highest BCUT2D eigenvalue weighted by atomic mass is 16.3. The maximum absolute atomic E-state index is 10.1. The molecule has 0 radical (unpaired) electrons. The highest BCUT2D eigenvalue weighted by molar-refractivity contribution is 5.25. The van der Waals surface area contributed by atoms with Crippen molar-refractivity contribution < 1.29 is 5.11 Å². The number of hydrogen-bond acceptors (Lipinski definition) is 1. The topological polar surface area (TPSA) is 20.2 Å². The van der Waals surface area contributed by atoms with E-state index in [0.29, 0.717) is 11.8 Å². The van der Waals surface area contributed by atoms with Crippen molar-refractivity contribution in [3.63, 3.8) is 0 Å². The lowest BCUT2D eigenvalue weighted by Gasteiger charge is -2.10. The SMILES string of the molecule is CCCCc1ccc(C(O)C2CC2C)cc1. The predicted octanol–water partition coefficient (Wildman–Crippen LogP) is 3.72. The van der Waals surface area contributed by atoms with Gasteiger partial charge in [0.1, 0.15) is 0 Å². The lowest BCUT2D eigenvalue weighted by Crippen LogP contribution is -2.01. The van der Waals surface area contributed by atoms with Crippen molar-refractivity contribution in [2.75, 3.05) is 0 Å². The molecule has 1 aromatic rings. The van der Waals surface area contributed by atoms with Crippen LogP contribution in [-0.2, 0) is 6.42 Å². The Balaban J connectivity index is 1.96. The molecule has 1 aliphatic rings. The van der Waals surface area contributed by atoms with E-state index in [9.17, 15) is 5.11 Å². The van der Waals surface area contributed by atoms with Crippen LogP contribution in [0.1, 0.15) is 50.3 Å². The van der Waals surface area contributed by atoms with Gasteiger partial charge in [-0.25, -0.2) is 0 Å². The van der Waals surface area contributed by atoms with Gasteiger partial charge in [-0.1, -0.05) is 44.5 Å². The van der Waals surface area contributed by atoms with Gasteiger partial charge in [0, 0.05) is 0 Å². The van der Waals surface area contributed by atoms with Gasteiger partial charge in [-0.2, -0.15) is 0 Å². The minimum atomic E-state index is -0.241. The van der Waals surface area contributed by atoms with Gasteiger partial charge in [-0.15, -0.1) is 0 Å². The first-order valence-corrected chi connectivity index (χ1v) is 6.49. The van der Waals surface area contributed by atoms with Gasteiger partial charge in [-0.3, -0.25) is 0 Å². The molecule has 0 amide bonds. The van der Waals surface area contributed by atoms with Crippen molar-refractivity contribution in [3.8, 4) is 0 Å². The second kappa shape index (κ2) is 5.01. The van der Waals surface area contributed by atoms with Crippen molar-refractivity contribution in [1.29, 1.82) is 0 Å². The molecule has 16 heavy (non-hydrogen) atoms. The summed E-state index contributed by atoms with van der Waals surface area (Å²) in [5.74, 6) is 1.20. The van der Waals surface area contributed by atoms with E-state index in [1.807, 2.05) is 0 Å². The fraction of sp³-hybridized carbons (Fsp3) is 0.600. The molecular formula is C15H22O. The Labute approximate surface area is 98.5 Å². The van der Waals surface area contributed by atoms with E-state index in [-0.39, 0.29) is 6.10 Å². The summed E-state index contributed by atoms with van der Waals surface area (Å²) in [4.78, 5) is 0. The van der Waals surface area contributed by atoms with E-state index >= 15 is 0 Å². The number of aliphatic hydroxyl groups excluding tert-OH is 1. The molecule has 0 aliphatic heterocycles. The van der Waals surface area contributed by atoms with Crippen molar-refractivity contribution in [2.45, 2.75) is 45.6 Å². The molecule has 0 aromatic heterocycles. The molecule has 88 valence electrons. The Bertz CT molecular complexity index is 328. The fourth-order valence-electron chi connectivity index (χ4n) is 2.30. The van der Waals surface area contributed by atoms with Gasteiger partial charge in [0.15, 0.2) is 0 Å². The molecule has 1 aromatic carbocycles. The Morgan fingerprint density at radius 3 is 2.44 bits per heavy atom. The Kier molecular flexibility index (Phi) is 3.65. The first kappa shape index (κ1) is 11.7. The van der Waals surface area contributed by atoms with E-state index in [1.54, 1.807) is 0 Å². The summed E-state index contributed by atoms with van der Waals surface area (Å²) >= 11 is 0. The van der Waals surface area contributed by atoms with E-state index in [0.717, 1.165) is 12.0 Å². The molecular weight excluding hydrogens is 196 g/mol. The molecule has 1 aliphatic carbocycles. The van der Waals surface area contributed by atoms with Crippen LogP contribution in [0.3, 0.4) is 0 Å². The maximum Gasteiger partial charge on any atom is 0.0820 e. The average Bonchev–Trinajstić information content (AvgIpc) is 3.03. The Morgan fingerprint density at radius 1 is 1.31 bits per heavy atom. The van der Waals surface area contributed by atoms with E-state index in [2.05, 4.69) is 38.1 Å². The van der Waals surface area contributed by atoms with Crippen molar-refractivity contribution in [2.24, 2.45) is 11.8 Å². The highest BCUT2D eigenvalue weighted by Gasteiger charge is 2.39. The van der Waals surface area contributed by atoms with Gasteiger partial charge >= 0.3 is 0 Å². The first-order valence-electron chi connectivity index (χ1n) is 6.49. The second-order valence-corrected chi connectivity index (χ2v) is 5.17. The number of unbranched alkanes of at least 4 members (excludes halogenated alkanes) is 1. The third-order valence-corrected chi connectivity index (χ3v) is 3.72. The smallest absolute Gasteiger partial charge is 0.0820 e. The molecule has 2 rings (SSSR count). The molecule has 0 saturated heterocycles. The summed E-state index contributed by atoms with van der Waals surface area (Å²) in [6.07, 6.45) is 4.59. The normalized spacial score (nSPS) is 25.4. The molecule has 1 fully saturated rings. The number of benzene rings is 1. The third-order valence-electron chi connectivity index (χ3n) is 3.72. The fourth-order valence-corrected chi connectivity index (χ4v) is 2.30. The Morgan fingerprint density at radius 2 is 1.94 bits per heavy atom. The van der Waals surface area contributed by atoms with Crippen LogP contribution < -0.4 is 0 Å². The zero-order valence-corrected chi connectivity index (χ0v) is 10.3. The molecule has 1 nitrogen and oxygen atoms in total. The molecule has 0 heterocycles. The van der Waals surface area contributed by atoms with Gasteiger partial charge in [-0.05, 0) is 42.2 Å². The molecule has 1 heteroatoms. The monoisotopic (exact) mass is 218 g/mol. The summed E-state index contributed by atoms with van der Waals surface area (Å²) < 4.78 is 0. The van der Waals surface area contributed by atoms with Crippen LogP contribution in [0.4, 0.5) is 0 Å². The molecule has 1 N–H and O–H groups in total. The zero-order valence-electron chi connectivity index (χ0n) is 10.3. The van der Waals surface area contributed by atoms with Crippen LogP contribution in [-0.4, -0.2) is 5.11 Å². The summed E-state index contributed by atoms with van der Waals surface area (Å²) in [7, 11) is 0. The first-order chi connectivity index (χ1) is 7.72. The highest BCUT2D eigenvalue weighted by Crippen LogP contribution is 2.46. The average molecular weight is 218 g/mol. The number of aryl methyl sites for hydroxylation is 1. The van der Waals surface area contributed by atoms with Crippen molar-refractivity contribution >= 4 is 0 Å². The predicted molar refractivity (Wildman–Crippen MR) is 67.3 cm³/mol. The number of aliphatic hydroxyl groups is 1. The second-order valence-electron chi connectivity index (χ2n) is 5.17. The van der Waals surface area contributed by atoms with E-state index in [1.165, 1.54) is 24.8 Å². The van der Waals surface area contributed by atoms with Gasteiger partial charge in [0.2, 0.25) is 0 Å². The minimum Gasteiger partial charge on any atom is -0.388 e. The van der Waals surface area contributed by atoms with Gasteiger partial charge in [0.05, 0.1) is 6.10 Å². The van der Waals surface area contributed by atoms with Crippen LogP contribution in [0, 0.1) is 11.8 Å². The summed E-state index contributed by atoms with van der Waals surface area (Å²) in [6, 6.07) is 8.53. The van der Waals surface area contributed by atoms with Crippen molar-refractivity contribution in [3.05, 3.63) is 35.4 Å². The van der Waals surface area contributed by atoms with Crippen LogP contribution in [0.2, 0.25) is 0 Å². The lowest BCUT2D eigenvalue weighted by molar-refractivity contribution is 0.148.